The van der Waals surface area contributed by atoms with Gasteiger partial charge in [-0.2, -0.15) is 0 Å². The van der Waals surface area contributed by atoms with Gasteiger partial charge in [0, 0.05) is 24.5 Å². The molecule has 0 aliphatic carbocycles. The van der Waals surface area contributed by atoms with Crippen molar-refractivity contribution in [2.24, 2.45) is 0 Å². The minimum Gasteiger partial charge on any atom is -0.275 e. The number of carbonyl (C=O) groups is 1. The van der Waals surface area contributed by atoms with Gasteiger partial charge in [-0.15, -0.1) is 0 Å². The van der Waals surface area contributed by atoms with E-state index in [1.165, 1.54) is 5.56 Å². The van der Waals surface area contributed by atoms with Crippen LogP contribution < -0.4 is 0 Å². The molecule has 0 unspecified atom stereocenters. The van der Waals surface area contributed by atoms with Gasteiger partial charge in [-0.3, -0.25) is 9.80 Å². The maximum absolute atomic E-state index is 11.8. The summed E-state index contributed by atoms with van der Waals surface area (Å²) in [7, 11) is 0. The first-order chi connectivity index (χ1) is 7.75. The number of amides is 1. The van der Waals surface area contributed by atoms with Crippen molar-refractivity contribution in [3.05, 3.63) is 34.9 Å². The monoisotopic (exact) mass is 236 g/mol. The van der Waals surface area contributed by atoms with E-state index in [2.05, 4.69) is 5.01 Å². The summed E-state index contributed by atoms with van der Waals surface area (Å²) in [5.41, 5.74) is 1.18. The van der Waals surface area contributed by atoms with E-state index < -0.39 is 0 Å². The van der Waals surface area contributed by atoms with Crippen molar-refractivity contribution in [3.8, 4) is 0 Å². The maximum atomic E-state index is 11.8. The van der Waals surface area contributed by atoms with Crippen molar-refractivity contribution in [2.75, 3.05) is 13.1 Å². The molecule has 0 radical (unpaired) electrons. The highest BCUT2D eigenvalue weighted by molar-refractivity contribution is 6.30. The third kappa shape index (κ3) is 1.51. The van der Waals surface area contributed by atoms with E-state index in [-0.39, 0.29) is 11.9 Å². The Labute approximate surface area is 99.6 Å². The normalized spacial score (nSPS) is 25.2. The number of halogens is 1. The first-order valence-corrected chi connectivity index (χ1v) is 5.96. The van der Waals surface area contributed by atoms with E-state index in [9.17, 15) is 4.79 Å². The molecule has 0 bridgehead atoms. The van der Waals surface area contributed by atoms with Crippen LogP contribution in [0.4, 0.5) is 0 Å². The minimum absolute atomic E-state index is 0.215. The standard InChI is InChI=1S/C12H13ClN2O/c13-10-4-2-9(3-5-10)11-8-12(16)15-7-1-6-14(11)15/h2-5,11H,1,6-8H2/t11-/m0/s1. The fourth-order valence-corrected chi connectivity index (χ4v) is 2.70. The predicted octanol–water partition coefficient (Wildman–Crippen LogP) is 2.23. The van der Waals surface area contributed by atoms with Crippen LogP contribution >= 0.6 is 11.6 Å². The lowest BCUT2D eigenvalue weighted by Gasteiger charge is -2.24. The largest absolute Gasteiger partial charge is 0.275 e. The van der Waals surface area contributed by atoms with E-state index in [0.29, 0.717) is 6.42 Å². The number of hydrazine groups is 1. The second kappa shape index (κ2) is 3.75. The number of hydrogen-bond acceptors (Lipinski definition) is 2. The molecule has 2 aliphatic heterocycles. The van der Waals surface area contributed by atoms with E-state index in [1.54, 1.807) is 0 Å². The maximum Gasteiger partial charge on any atom is 0.238 e. The Morgan fingerprint density at radius 1 is 1.19 bits per heavy atom. The van der Waals surface area contributed by atoms with Crippen LogP contribution in [0.3, 0.4) is 0 Å². The Kier molecular flexibility index (Phi) is 2.37. The lowest BCUT2D eigenvalue weighted by molar-refractivity contribution is -0.134. The average molecular weight is 237 g/mol. The van der Waals surface area contributed by atoms with Crippen LogP contribution in [0.5, 0.6) is 0 Å². The van der Waals surface area contributed by atoms with Crippen molar-refractivity contribution >= 4 is 17.5 Å². The summed E-state index contributed by atoms with van der Waals surface area (Å²) in [5, 5.41) is 4.82. The summed E-state index contributed by atoms with van der Waals surface area (Å²) in [6, 6.07) is 8.02. The number of nitrogens with zero attached hydrogens (tertiary/aromatic N) is 2. The van der Waals surface area contributed by atoms with Gasteiger partial charge >= 0.3 is 0 Å². The zero-order chi connectivity index (χ0) is 11.1. The van der Waals surface area contributed by atoms with Crippen molar-refractivity contribution in [2.45, 2.75) is 18.9 Å². The van der Waals surface area contributed by atoms with Crippen LogP contribution in [0, 0.1) is 0 Å². The molecule has 2 fully saturated rings. The van der Waals surface area contributed by atoms with Gasteiger partial charge in [0.05, 0.1) is 6.04 Å². The molecule has 1 aromatic rings. The SMILES string of the molecule is O=C1C[C@@H](c2ccc(Cl)cc2)N2CCCN12. The van der Waals surface area contributed by atoms with Crippen LogP contribution in [0.1, 0.15) is 24.4 Å². The van der Waals surface area contributed by atoms with Gasteiger partial charge in [-0.05, 0) is 24.1 Å². The molecule has 16 heavy (non-hydrogen) atoms. The smallest absolute Gasteiger partial charge is 0.238 e. The molecule has 1 atom stereocenters. The van der Waals surface area contributed by atoms with Crippen LogP contribution in [-0.4, -0.2) is 29.0 Å². The van der Waals surface area contributed by atoms with E-state index in [0.717, 1.165) is 24.5 Å². The topological polar surface area (TPSA) is 23.6 Å². The third-order valence-corrected chi connectivity index (χ3v) is 3.59. The fourth-order valence-electron chi connectivity index (χ4n) is 2.57. The van der Waals surface area contributed by atoms with Gasteiger partial charge in [0.1, 0.15) is 0 Å². The summed E-state index contributed by atoms with van der Waals surface area (Å²) >= 11 is 5.87. The number of carbonyl (C=O) groups excluding carboxylic acids is 1. The molecule has 2 saturated heterocycles. The highest BCUT2D eigenvalue weighted by Gasteiger charge is 2.40. The Hall–Kier alpha value is -1.06. The summed E-state index contributed by atoms with van der Waals surface area (Å²) in [6.45, 7) is 1.86. The molecule has 1 amide bonds. The molecular weight excluding hydrogens is 224 g/mol. The second-order valence-corrected chi connectivity index (χ2v) is 4.74. The zero-order valence-corrected chi connectivity index (χ0v) is 9.65. The summed E-state index contributed by atoms with van der Waals surface area (Å²) in [5.74, 6) is 0.248. The van der Waals surface area contributed by atoms with Crippen LogP contribution in [-0.2, 0) is 4.79 Å². The molecule has 84 valence electrons. The molecule has 3 rings (SSSR count). The van der Waals surface area contributed by atoms with Gasteiger partial charge < -0.3 is 0 Å². The fraction of sp³-hybridized carbons (Fsp3) is 0.417. The number of fused-ring (bicyclic) bond motifs is 1. The van der Waals surface area contributed by atoms with E-state index >= 15 is 0 Å². The Morgan fingerprint density at radius 3 is 2.69 bits per heavy atom. The minimum atomic E-state index is 0.215. The molecule has 0 saturated carbocycles. The van der Waals surface area contributed by atoms with Gasteiger partial charge in [-0.1, -0.05) is 23.7 Å². The van der Waals surface area contributed by atoms with Gasteiger partial charge in [-0.25, -0.2) is 5.01 Å². The summed E-state index contributed by atoms with van der Waals surface area (Å²) in [6.07, 6.45) is 1.68. The molecule has 2 heterocycles. The number of rotatable bonds is 1. The molecule has 3 nitrogen and oxygen atoms in total. The van der Waals surface area contributed by atoms with Crippen molar-refractivity contribution in [1.82, 2.24) is 10.0 Å². The Balaban J connectivity index is 1.90. The highest BCUT2D eigenvalue weighted by atomic mass is 35.5. The van der Waals surface area contributed by atoms with E-state index in [1.807, 2.05) is 29.3 Å². The first-order valence-electron chi connectivity index (χ1n) is 5.58. The molecule has 1 aromatic carbocycles. The molecule has 4 heteroatoms. The van der Waals surface area contributed by atoms with Crippen molar-refractivity contribution in [3.63, 3.8) is 0 Å². The van der Waals surface area contributed by atoms with Gasteiger partial charge in [0.2, 0.25) is 5.91 Å². The Morgan fingerprint density at radius 2 is 1.94 bits per heavy atom. The van der Waals surface area contributed by atoms with Gasteiger partial charge in [0.15, 0.2) is 0 Å². The highest BCUT2D eigenvalue weighted by Crippen LogP contribution is 2.36. The second-order valence-electron chi connectivity index (χ2n) is 4.30. The summed E-state index contributed by atoms with van der Waals surface area (Å²) in [4.78, 5) is 11.8. The molecule has 0 aromatic heterocycles. The van der Waals surface area contributed by atoms with Gasteiger partial charge in [0.25, 0.3) is 0 Å². The molecule has 0 spiro atoms. The zero-order valence-electron chi connectivity index (χ0n) is 8.90. The number of benzene rings is 1. The first kappa shape index (κ1) is 10.1. The molecular formula is C12H13ClN2O. The average Bonchev–Trinajstić information content (AvgIpc) is 2.84. The lowest BCUT2D eigenvalue weighted by atomic mass is 10.0. The van der Waals surface area contributed by atoms with Crippen molar-refractivity contribution in [1.29, 1.82) is 0 Å². The van der Waals surface area contributed by atoms with Crippen LogP contribution in [0.15, 0.2) is 24.3 Å². The quantitative estimate of drug-likeness (QED) is 0.747. The number of hydrogen-bond donors (Lipinski definition) is 0. The van der Waals surface area contributed by atoms with Crippen molar-refractivity contribution < 1.29 is 4.79 Å². The predicted molar refractivity (Wildman–Crippen MR) is 61.8 cm³/mol. The van der Waals surface area contributed by atoms with Crippen LogP contribution in [0.2, 0.25) is 5.02 Å². The van der Waals surface area contributed by atoms with E-state index in [4.69, 9.17) is 11.6 Å². The lowest BCUT2D eigenvalue weighted by Crippen LogP contribution is -2.33. The molecule has 0 N–H and O–H groups in total. The summed E-state index contributed by atoms with van der Waals surface area (Å²) < 4.78 is 0. The molecule has 2 aliphatic rings. The van der Waals surface area contributed by atoms with Crippen LogP contribution in [0.25, 0.3) is 0 Å². The third-order valence-electron chi connectivity index (χ3n) is 3.34. The Bertz CT molecular complexity index is 418.